The minimum atomic E-state index is -0.402. The van der Waals surface area contributed by atoms with Gasteiger partial charge in [-0.3, -0.25) is 0 Å². The molecule has 104 valence electrons. The molecule has 1 heterocycles. The van der Waals surface area contributed by atoms with Crippen LogP contribution in [0.3, 0.4) is 0 Å². The van der Waals surface area contributed by atoms with Crippen LogP contribution >= 0.6 is 0 Å². The zero-order valence-electron chi connectivity index (χ0n) is 11.4. The molecule has 0 amide bonds. The maximum atomic E-state index is 11.7. The molecule has 1 atom stereocenters. The lowest BCUT2D eigenvalue weighted by atomic mass is 10.1. The Labute approximate surface area is 113 Å². The number of nitrogens with zero attached hydrogens (tertiary/aromatic N) is 1. The number of ether oxygens (including phenoxy) is 2. The first kappa shape index (κ1) is 13.7. The van der Waals surface area contributed by atoms with Crippen LogP contribution < -0.4 is 10.6 Å². The van der Waals surface area contributed by atoms with Crippen LogP contribution in [0, 0.1) is 0 Å². The molecule has 0 aromatic heterocycles. The summed E-state index contributed by atoms with van der Waals surface area (Å²) >= 11 is 0. The minimum Gasteiger partial charge on any atom is -0.465 e. The van der Waals surface area contributed by atoms with Crippen LogP contribution in [-0.2, 0) is 9.47 Å². The van der Waals surface area contributed by atoms with E-state index in [1.165, 1.54) is 7.11 Å². The zero-order valence-corrected chi connectivity index (χ0v) is 11.4. The minimum absolute atomic E-state index is 0.336. The SMILES string of the molecule is CCC1COCCN1c1ccc(N)c(C(=O)OC)c1. The number of rotatable bonds is 3. The van der Waals surface area contributed by atoms with Crippen LogP contribution in [0.15, 0.2) is 18.2 Å². The van der Waals surface area contributed by atoms with Crippen molar-refractivity contribution in [3.05, 3.63) is 23.8 Å². The first-order valence-corrected chi connectivity index (χ1v) is 6.49. The Kier molecular flexibility index (Phi) is 4.27. The topological polar surface area (TPSA) is 64.8 Å². The molecule has 2 rings (SSSR count). The summed E-state index contributed by atoms with van der Waals surface area (Å²) < 4.78 is 10.2. The highest BCUT2D eigenvalue weighted by Gasteiger charge is 2.23. The molecule has 2 N–H and O–H groups in total. The van der Waals surface area contributed by atoms with E-state index in [0.717, 1.165) is 18.7 Å². The smallest absolute Gasteiger partial charge is 0.340 e. The van der Waals surface area contributed by atoms with Crippen molar-refractivity contribution in [2.45, 2.75) is 19.4 Å². The van der Waals surface area contributed by atoms with Crippen LogP contribution in [0.5, 0.6) is 0 Å². The first-order valence-electron chi connectivity index (χ1n) is 6.49. The number of benzene rings is 1. The number of methoxy groups -OCH3 is 1. The van der Waals surface area contributed by atoms with Crippen molar-refractivity contribution in [2.24, 2.45) is 0 Å². The maximum Gasteiger partial charge on any atom is 0.340 e. The number of carbonyl (C=O) groups excluding carboxylic acids is 1. The van der Waals surface area contributed by atoms with Crippen molar-refractivity contribution in [2.75, 3.05) is 37.5 Å². The predicted molar refractivity (Wildman–Crippen MR) is 74.4 cm³/mol. The summed E-state index contributed by atoms with van der Waals surface area (Å²) in [4.78, 5) is 13.9. The summed E-state index contributed by atoms with van der Waals surface area (Å²) in [5, 5.41) is 0. The van der Waals surface area contributed by atoms with E-state index in [2.05, 4.69) is 11.8 Å². The zero-order chi connectivity index (χ0) is 13.8. The van der Waals surface area contributed by atoms with Gasteiger partial charge in [-0.05, 0) is 24.6 Å². The van der Waals surface area contributed by atoms with Gasteiger partial charge in [0.05, 0.1) is 31.9 Å². The summed E-state index contributed by atoms with van der Waals surface area (Å²) in [6.07, 6.45) is 0.998. The van der Waals surface area contributed by atoms with E-state index in [1.54, 1.807) is 12.1 Å². The number of nitrogen functional groups attached to an aromatic ring is 1. The van der Waals surface area contributed by atoms with Gasteiger partial charge in [0.25, 0.3) is 0 Å². The van der Waals surface area contributed by atoms with Crippen LogP contribution in [0.1, 0.15) is 23.7 Å². The molecule has 5 heteroatoms. The van der Waals surface area contributed by atoms with Crippen molar-refractivity contribution in [3.63, 3.8) is 0 Å². The summed E-state index contributed by atoms with van der Waals surface area (Å²) in [6.45, 7) is 4.37. The molecule has 1 fully saturated rings. The molecule has 1 saturated heterocycles. The van der Waals surface area contributed by atoms with Crippen LogP contribution in [-0.4, -0.2) is 38.9 Å². The number of nitrogens with two attached hydrogens (primary N) is 1. The fourth-order valence-electron chi connectivity index (χ4n) is 2.34. The van der Waals surface area contributed by atoms with Gasteiger partial charge in [0, 0.05) is 17.9 Å². The van der Waals surface area contributed by atoms with E-state index >= 15 is 0 Å². The second-order valence-corrected chi connectivity index (χ2v) is 4.59. The molecule has 0 aliphatic carbocycles. The van der Waals surface area contributed by atoms with Crippen LogP contribution in [0.25, 0.3) is 0 Å². The van der Waals surface area contributed by atoms with Gasteiger partial charge in [0.2, 0.25) is 0 Å². The summed E-state index contributed by atoms with van der Waals surface area (Å²) in [5.41, 5.74) is 7.67. The monoisotopic (exact) mass is 264 g/mol. The molecule has 0 radical (unpaired) electrons. The van der Waals surface area contributed by atoms with Crippen LogP contribution in [0.2, 0.25) is 0 Å². The van der Waals surface area contributed by atoms with Gasteiger partial charge in [-0.1, -0.05) is 6.92 Å². The summed E-state index contributed by atoms with van der Waals surface area (Å²) in [6, 6.07) is 5.83. The molecular formula is C14H20N2O3. The lowest BCUT2D eigenvalue weighted by Crippen LogP contribution is -2.45. The average molecular weight is 264 g/mol. The molecule has 0 bridgehead atoms. The lowest BCUT2D eigenvalue weighted by Gasteiger charge is -2.37. The third kappa shape index (κ3) is 2.81. The number of anilines is 2. The van der Waals surface area contributed by atoms with E-state index < -0.39 is 5.97 Å². The molecule has 1 aliphatic rings. The molecule has 1 aliphatic heterocycles. The second-order valence-electron chi connectivity index (χ2n) is 4.59. The molecule has 1 aromatic carbocycles. The third-order valence-corrected chi connectivity index (χ3v) is 3.47. The van der Waals surface area contributed by atoms with E-state index in [0.29, 0.717) is 30.5 Å². The second kappa shape index (κ2) is 5.93. The predicted octanol–water partition coefficient (Wildman–Crippen LogP) is 1.67. The highest BCUT2D eigenvalue weighted by molar-refractivity contribution is 5.96. The molecule has 0 spiro atoms. The number of hydrogen-bond donors (Lipinski definition) is 1. The van der Waals surface area contributed by atoms with Crippen molar-refractivity contribution in [3.8, 4) is 0 Å². The highest BCUT2D eigenvalue weighted by Crippen LogP contribution is 2.25. The standard InChI is InChI=1S/C14H20N2O3/c1-3-10-9-19-7-6-16(10)11-4-5-13(15)12(8-11)14(17)18-2/h4-5,8,10H,3,6-7,9,15H2,1-2H3. The number of carbonyl (C=O) groups is 1. The Morgan fingerprint density at radius 1 is 1.58 bits per heavy atom. The Hall–Kier alpha value is -1.75. The Balaban J connectivity index is 2.31. The van der Waals surface area contributed by atoms with Gasteiger partial charge in [0.15, 0.2) is 0 Å². The quantitative estimate of drug-likeness (QED) is 0.664. The van der Waals surface area contributed by atoms with Gasteiger partial charge < -0.3 is 20.1 Å². The van der Waals surface area contributed by atoms with Crippen molar-refractivity contribution >= 4 is 17.3 Å². The summed E-state index contributed by atoms with van der Waals surface area (Å²) in [5.74, 6) is -0.402. The van der Waals surface area contributed by atoms with Gasteiger partial charge in [-0.15, -0.1) is 0 Å². The van der Waals surface area contributed by atoms with Gasteiger partial charge in [-0.25, -0.2) is 4.79 Å². The Morgan fingerprint density at radius 3 is 3.05 bits per heavy atom. The lowest BCUT2D eigenvalue weighted by molar-refractivity contribution is 0.0602. The average Bonchev–Trinajstić information content (AvgIpc) is 2.47. The normalized spacial score (nSPS) is 19.3. The number of esters is 1. The van der Waals surface area contributed by atoms with Crippen LogP contribution in [0.4, 0.5) is 11.4 Å². The van der Waals surface area contributed by atoms with E-state index in [9.17, 15) is 4.79 Å². The van der Waals surface area contributed by atoms with Crippen molar-refractivity contribution < 1.29 is 14.3 Å². The molecular weight excluding hydrogens is 244 g/mol. The fourth-order valence-corrected chi connectivity index (χ4v) is 2.34. The third-order valence-electron chi connectivity index (χ3n) is 3.47. The van der Waals surface area contributed by atoms with E-state index in [1.807, 2.05) is 6.07 Å². The maximum absolute atomic E-state index is 11.7. The van der Waals surface area contributed by atoms with Gasteiger partial charge in [-0.2, -0.15) is 0 Å². The Morgan fingerprint density at radius 2 is 2.37 bits per heavy atom. The van der Waals surface area contributed by atoms with E-state index in [4.69, 9.17) is 15.2 Å². The Bertz CT molecular complexity index is 462. The van der Waals surface area contributed by atoms with Crippen molar-refractivity contribution in [1.82, 2.24) is 0 Å². The first-order chi connectivity index (χ1) is 9.17. The molecule has 1 unspecified atom stereocenters. The molecule has 19 heavy (non-hydrogen) atoms. The molecule has 0 saturated carbocycles. The van der Waals surface area contributed by atoms with E-state index in [-0.39, 0.29) is 0 Å². The largest absolute Gasteiger partial charge is 0.465 e. The molecule has 1 aromatic rings. The van der Waals surface area contributed by atoms with Crippen molar-refractivity contribution in [1.29, 1.82) is 0 Å². The fraction of sp³-hybridized carbons (Fsp3) is 0.500. The van der Waals surface area contributed by atoms with Gasteiger partial charge in [0.1, 0.15) is 0 Å². The molecule has 5 nitrogen and oxygen atoms in total. The number of morpholine rings is 1. The highest BCUT2D eigenvalue weighted by atomic mass is 16.5. The summed E-state index contributed by atoms with van der Waals surface area (Å²) in [7, 11) is 1.36. The number of hydrogen-bond acceptors (Lipinski definition) is 5. The van der Waals surface area contributed by atoms with Gasteiger partial charge >= 0.3 is 5.97 Å².